The Hall–Kier alpha value is -2.05. The van der Waals surface area contributed by atoms with Gasteiger partial charge in [0, 0.05) is 32.9 Å². The molecule has 0 aromatic carbocycles. The van der Waals surface area contributed by atoms with Crippen LogP contribution in [0.15, 0.2) is 12.4 Å². The highest BCUT2D eigenvalue weighted by molar-refractivity contribution is 5.82. The highest BCUT2D eigenvalue weighted by atomic mass is 16.4. The first-order valence-corrected chi connectivity index (χ1v) is 5.51. The molecule has 0 fully saturated rings. The van der Waals surface area contributed by atoms with Crippen LogP contribution in [0.1, 0.15) is 12.5 Å². The number of urea groups is 1. The molecule has 100 valence electrons. The number of amides is 2. The second kappa shape index (κ2) is 5.52. The number of aryl methyl sites for hydroxylation is 1. The number of carbonyl (C=O) groups excluding carboxylic acids is 1. The number of hydrogen-bond acceptors (Lipinski definition) is 3. The molecule has 2 amide bonds. The van der Waals surface area contributed by atoms with Crippen molar-refractivity contribution in [3.05, 3.63) is 18.0 Å². The van der Waals surface area contributed by atoms with E-state index >= 15 is 0 Å². The Morgan fingerprint density at radius 3 is 2.56 bits per heavy atom. The predicted molar refractivity (Wildman–Crippen MR) is 64.9 cm³/mol. The molecule has 1 aromatic rings. The van der Waals surface area contributed by atoms with Crippen LogP contribution in [0.25, 0.3) is 0 Å². The lowest BCUT2D eigenvalue weighted by Gasteiger charge is -2.27. The second-order valence-corrected chi connectivity index (χ2v) is 4.29. The van der Waals surface area contributed by atoms with Crippen LogP contribution >= 0.6 is 0 Å². The summed E-state index contributed by atoms with van der Waals surface area (Å²) >= 11 is 0. The van der Waals surface area contributed by atoms with Gasteiger partial charge in [-0.3, -0.25) is 4.68 Å². The fourth-order valence-corrected chi connectivity index (χ4v) is 1.50. The van der Waals surface area contributed by atoms with Crippen LogP contribution in [0, 0.1) is 0 Å². The van der Waals surface area contributed by atoms with E-state index in [2.05, 4.69) is 5.10 Å². The van der Waals surface area contributed by atoms with Gasteiger partial charge in [-0.05, 0) is 6.92 Å². The number of carbonyl (C=O) groups is 2. The summed E-state index contributed by atoms with van der Waals surface area (Å²) < 4.78 is 1.65. The summed E-state index contributed by atoms with van der Waals surface area (Å²) in [4.78, 5) is 25.4. The van der Waals surface area contributed by atoms with Crippen molar-refractivity contribution in [3.63, 3.8) is 0 Å². The largest absolute Gasteiger partial charge is 0.480 e. The standard InChI is InChI=1S/C11H18N4O3/c1-8(10(16)17)15(4)11(18)13(2)6-9-5-12-14(3)7-9/h5,7-8H,6H2,1-4H3,(H,16,17). The third-order valence-electron chi connectivity index (χ3n) is 2.74. The van der Waals surface area contributed by atoms with Crippen molar-refractivity contribution < 1.29 is 14.7 Å². The molecule has 18 heavy (non-hydrogen) atoms. The van der Waals surface area contributed by atoms with Crippen molar-refractivity contribution >= 4 is 12.0 Å². The molecule has 1 unspecified atom stereocenters. The molecule has 0 aliphatic carbocycles. The number of rotatable bonds is 4. The lowest BCUT2D eigenvalue weighted by atomic mass is 10.3. The van der Waals surface area contributed by atoms with Crippen molar-refractivity contribution in [2.45, 2.75) is 19.5 Å². The molecular weight excluding hydrogens is 236 g/mol. The maximum atomic E-state index is 12.0. The van der Waals surface area contributed by atoms with Gasteiger partial charge in [-0.25, -0.2) is 9.59 Å². The Labute approximate surface area is 106 Å². The van der Waals surface area contributed by atoms with E-state index < -0.39 is 12.0 Å². The predicted octanol–water partition coefficient (Wildman–Crippen LogP) is 0.377. The molecule has 1 heterocycles. The van der Waals surface area contributed by atoms with Gasteiger partial charge in [-0.15, -0.1) is 0 Å². The molecule has 1 N–H and O–H groups in total. The first-order valence-electron chi connectivity index (χ1n) is 5.51. The Morgan fingerprint density at radius 1 is 1.50 bits per heavy atom. The normalized spacial score (nSPS) is 12.0. The highest BCUT2D eigenvalue weighted by Crippen LogP contribution is 2.06. The van der Waals surface area contributed by atoms with E-state index in [4.69, 9.17) is 5.11 Å². The van der Waals surface area contributed by atoms with Gasteiger partial charge in [0.05, 0.1) is 12.7 Å². The summed E-state index contributed by atoms with van der Waals surface area (Å²) in [6.07, 6.45) is 3.48. The van der Waals surface area contributed by atoms with Crippen molar-refractivity contribution in [2.75, 3.05) is 14.1 Å². The third-order valence-corrected chi connectivity index (χ3v) is 2.74. The van der Waals surface area contributed by atoms with Gasteiger partial charge in [-0.2, -0.15) is 5.10 Å². The number of aliphatic carboxylic acids is 1. The minimum absolute atomic E-state index is 0.339. The molecule has 0 saturated carbocycles. The summed E-state index contributed by atoms with van der Waals surface area (Å²) in [7, 11) is 4.89. The number of carboxylic acid groups (broad SMARTS) is 1. The fraction of sp³-hybridized carbons (Fsp3) is 0.545. The van der Waals surface area contributed by atoms with Crippen molar-refractivity contribution in [1.82, 2.24) is 19.6 Å². The molecule has 7 nitrogen and oxygen atoms in total. The van der Waals surface area contributed by atoms with E-state index in [1.54, 1.807) is 25.0 Å². The van der Waals surface area contributed by atoms with Crippen LogP contribution < -0.4 is 0 Å². The highest BCUT2D eigenvalue weighted by Gasteiger charge is 2.24. The molecule has 0 aliphatic heterocycles. The fourth-order valence-electron chi connectivity index (χ4n) is 1.50. The minimum atomic E-state index is -1.03. The van der Waals surface area contributed by atoms with Crippen LogP contribution in [-0.4, -0.2) is 56.8 Å². The van der Waals surface area contributed by atoms with Gasteiger partial charge in [0.25, 0.3) is 0 Å². The van der Waals surface area contributed by atoms with Crippen molar-refractivity contribution in [2.24, 2.45) is 7.05 Å². The molecule has 1 atom stereocenters. The van der Waals surface area contributed by atoms with E-state index in [0.717, 1.165) is 5.56 Å². The van der Waals surface area contributed by atoms with Crippen LogP contribution in [0.4, 0.5) is 4.79 Å². The van der Waals surface area contributed by atoms with Gasteiger partial charge in [0.2, 0.25) is 0 Å². The third kappa shape index (κ3) is 3.22. The molecular formula is C11H18N4O3. The Morgan fingerprint density at radius 2 is 2.11 bits per heavy atom. The maximum Gasteiger partial charge on any atom is 0.326 e. The summed E-state index contributed by atoms with van der Waals surface area (Å²) in [5.74, 6) is -1.03. The SMILES string of the molecule is CC(C(=O)O)N(C)C(=O)N(C)Cc1cnn(C)c1. The zero-order chi connectivity index (χ0) is 13.9. The minimum Gasteiger partial charge on any atom is -0.480 e. The first-order chi connectivity index (χ1) is 8.32. The van der Waals surface area contributed by atoms with Crippen molar-refractivity contribution in [3.8, 4) is 0 Å². The number of nitrogens with zero attached hydrogens (tertiary/aromatic N) is 4. The van der Waals surface area contributed by atoms with Crippen LogP contribution in [0.2, 0.25) is 0 Å². The quantitative estimate of drug-likeness (QED) is 0.842. The van der Waals surface area contributed by atoms with E-state index in [1.807, 2.05) is 6.20 Å². The van der Waals surface area contributed by atoms with Gasteiger partial charge >= 0.3 is 12.0 Å². The van der Waals surface area contributed by atoms with E-state index in [0.29, 0.717) is 6.54 Å². The second-order valence-electron chi connectivity index (χ2n) is 4.29. The lowest BCUT2D eigenvalue weighted by molar-refractivity contribution is -0.141. The Bertz CT molecular complexity index is 443. The monoisotopic (exact) mass is 254 g/mol. The molecule has 0 aliphatic rings. The Kier molecular flexibility index (Phi) is 4.30. The molecule has 0 spiro atoms. The number of aromatic nitrogens is 2. The lowest BCUT2D eigenvalue weighted by Crippen LogP contribution is -2.46. The van der Waals surface area contributed by atoms with E-state index in [9.17, 15) is 9.59 Å². The summed E-state index contributed by atoms with van der Waals surface area (Å²) in [6, 6.07) is -1.19. The maximum absolute atomic E-state index is 12.0. The average molecular weight is 254 g/mol. The summed E-state index contributed by atoms with van der Waals surface area (Å²) in [6.45, 7) is 1.86. The average Bonchev–Trinajstić information content (AvgIpc) is 2.71. The summed E-state index contributed by atoms with van der Waals surface area (Å²) in [5.41, 5.74) is 0.893. The van der Waals surface area contributed by atoms with Crippen molar-refractivity contribution in [1.29, 1.82) is 0 Å². The molecule has 1 aromatic heterocycles. The number of likely N-dealkylation sites (N-methyl/N-ethyl adjacent to an activating group) is 1. The van der Waals surface area contributed by atoms with Gasteiger partial charge in [-0.1, -0.05) is 0 Å². The summed E-state index contributed by atoms with van der Waals surface area (Å²) in [5, 5.41) is 12.9. The molecule has 0 radical (unpaired) electrons. The van der Waals surface area contributed by atoms with Crippen LogP contribution in [0.5, 0.6) is 0 Å². The van der Waals surface area contributed by atoms with Gasteiger partial charge in [0.1, 0.15) is 6.04 Å². The molecule has 0 saturated heterocycles. The van der Waals surface area contributed by atoms with E-state index in [-0.39, 0.29) is 6.03 Å². The smallest absolute Gasteiger partial charge is 0.326 e. The molecule has 1 rings (SSSR count). The Balaban J connectivity index is 2.63. The zero-order valence-corrected chi connectivity index (χ0v) is 11.0. The number of carboxylic acids is 1. The van der Waals surface area contributed by atoms with Gasteiger partial charge < -0.3 is 14.9 Å². The van der Waals surface area contributed by atoms with E-state index in [1.165, 1.54) is 23.8 Å². The molecule has 0 bridgehead atoms. The zero-order valence-electron chi connectivity index (χ0n) is 11.0. The first kappa shape index (κ1) is 14.0. The van der Waals surface area contributed by atoms with Crippen LogP contribution in [-0.2, 0) is 18.4 Å². The molecule has 7 heteroatoms. The van der Waals surface area contributed by atoms with Crippen LogP contribution in [0.3, 0.4) is 0 Å². The number of hydrogen-bond donors (Lipinski definition) is 1. The van der Waals surface area contributed by atoms with Gasteiger partial charge in [0.15, 0.2) is 0 Å². The topological polar surface area (TPSA) is 78.7 Å².